The zero-order valence-corrected chi connectivity index (χ0v) is 10.1. The Kier molecular flexibility index (Phi) is 4.20. The molecule has 18 heavy (non-hydrogen) atoms. The summed E-state index contributed by atoms with van der Waals surface area (Å²) in [6, 6.07) is 5.43. The molecule has 0 unspecified atom stereocenters. The fraction of sp³-hybridized carbons (Fsp3) is 0.308. The standard InChI is InChI=1S/C13H15NO4/c1-2-16-12-5-3-4-11(7-15)13(12)17-8-10-6-14-18-9-10/h3-6,9,15H,2,7-8H2,1H3. The lowest BCUT2D eigenvalue weighted by molar-refractivity contribution is 0.243. The maximum Gasteiger partial charge on any atom is 0.167 e. The molecule has 0 spiro atoms. The highest BCUT2D eigenvalue weighted by atomic mass is 16.5. The van der Waals surface area contributed by atoms with Crippen LogP contribution in [0, 0.1) is 0 Å². The van der Waals surface area contributed by atoms with Crippen molar-refractivity contribution in [2.75, 3.05) is 6.61 Å². The third kappa shape index (κ3) is 2.81. The number of hydrogen-bond donors (Lipinski definition) is 1. The molecule has 0 aliphatic carbocycles. The molecule has 0 bridgehead atoms. The van der Waals surface area contributed by atoms with Gasteiger partial charge in [0.05, 0.1) is 19.4 Å². The van der Waals surface area contributed by atoms with Crippen molar-refractivity contribution >= 4 is 0 Å². The highest BCUT2D eigenvalue weighted by Gasteiger charge is 2.11. The second-order valence-electron chi connectivity index (χ2n) is 3.66. The van der Waals surface area contributed by atoms with E-state index in [1.54, 1.807) is 12.3 Å². The van der Waals surface area contributed by atoms with E-state index in [4.69, 9.17) is 14.0 Å². The van der Waals surface area contributed by atoms with E-state index in [1.807, 2.05) is 19.1 Å². The summed E-state index contributed by atoms with van der Waals surface area (Å²) in [7, 11) is 0. The van der Waals surface area contributed by atoms with Gasteiger partial charge < -0.3 is 19.1 Å². The molecule has 0 amide bonds. The van der Waals surface area contributed by atoms with Crippen LogP contribution < -0.4 is 9.47 Å². The monoisotopic (exact) mass is 249 g/mol. The first-order chi connectivity index (χ1) is 8.85. The summed E-state index contributed by atoms with van der Waals surface area (Å²) < 4.78 is 15.9. The zero-order valence-electron chi connectivity index (χ0n) is 10.1. The van der Waals surface area contributed by atoms with Crippen LogP contribution in [0.4, 0.5) is 0 Å². The first-order valence-electron chi connectivity index (χ1n) is 5.71. The SMILES string of the molecule is CCOc1cccc(CO)c1OCc1cnoc1. The highest BCUT2D eigenvalue weighted by molar-refractivity contribution is 5.46. The van der Waals surface area contributed by atoms with Crippen molar-refractivity contribution in [3.05, 3.63) is 41.8 Å². The summed E-state index contributed by atoms with van der Waals surface area (Å²) in [5.41, 5.74) is 1.52. The Balaban J connectivity index is 2.18. The first kappa shape index (κ1) is 12.4. The number of para-hydroxylation sites is 1. The number of ether oxygens (including phenoxy) is 2. The summed E-state index contributed by atoms with van der Waals surface area (Å²) >= 11 is 0. The fourth-order valence-corrected chi connectivity index (χ4v) is 1.57. The van der Waals surface area contributed by atoms with Gasteiger partial charge in [-0.05, 0) is 13.0 Å². The van der Waals surface area contributed by atoms with Gasteiger partial charge in [0.25, 0.3) is 0 Å². The second-order valence-corrected chi connectivity index (χ2v) is 3.66. The van der Waals surface area contributed by atoms with E-state index in [0.717, 1.165) is 5.56 Å². The van der Waals surface area contributed by atoms with Crippen molar-refractivity contribution in [1.29, 1.82) is 0 Å². The normalized spacial score (nSPS) is 10.3. The molecule has 0 saturated heterocycles. The Hall–Kier alpha value is -2.01. The van der Waals surface area contributed by atoms with Crippen molar-refractivity contribution in [2.45, 2.75) is 20.1 Å². The van der Waals surface area contributed by atoms with Gasteiger partial charge >= 0.3 is 0 Å². The van der Waals surface area contributed by atoms with E-state index in [2.05, 4.69) is 5.16 Å². The number of benzene rings is 1. The Morgan fingerprint density at radius 2 is 2.22 bits per heavy atom. The predicted molar refractivity (Wildman–Crippen MR) is 64.4 cm³/mol. The molecule has 0 aliphatic heterocycles. The number of rotatable bonds is 6. The van der Waals surface area contributed by atoms with Crippen molar-refractivity contribution < 1.29 is 19.1 Å². The molecule has 1 aromatic heterocycles. The van der Waals surface area contributed by atoms with Gasteiger partial charge in [0.2, 0.25) is 0 Å². The Morgan fingerprint density at radius 1 is 1.33 bits per heavy atom. The molecule has 1 aromatic carbocycles. The van der Waals surface area contributed by atoms with Crippen molar-refractivity contribution in [3.8, 4) is 11.5 Å². The Labute approximate surface area is 105 Å². The van der Waals surface area contributed by atoms with Gasteiger partial charge in [0, 0.05) is 11.1 Å². The molecule has 2 rings (SSSR count). The lowest BCUT2D eigenvalue weighted by Gasteiger charge is -2.14. The molecule has 96 valence electrons. The Morgan fingerprint density at radius 3 is 2.89 bits per heavy atom. The van der Waals surface area contributed by atoms with Crippen molar-refractivity contribution in [2.24, 2.45) is 0 Å². The summed E-state index contributed by atoms with van der Waals surface area (Å²) in [5.74, 6) is 1.18. The molecule has 2 aromatic rings. The third-order valence-electron chi connectivity index (χ3n) is 2.40. The van der Waals surface area contributed by atoms with Crippen LogP contribution in [0.3, 0.4) is 0 Å². The number of aromatic nitrogens is 1. The number of aliphatic hydroxyl groups is 1. The molecule has 5 heteroatoms. The van der Waals surface area contributed by atoms with Crippen LogP contribution >= 0.6 is 0 Å². The van der Waals surface area contributed by atoms with Gasteiger partial charge in [-0.25, -0.2) is 0 Å². The van der Waals surface area contributed by atoms with Gasteiger partial charge in [0.15, 0.2) is 11.5 Å². The molecule has 0 atom stereocenters. The van der Waals surface area contributed by atoms with Crippen molar-refractivity contribution in [1.82, 2.24) is 5.16 Å². The van der Waals surface area contributed by atoms with Gasteiger partial charge in [-0.3, -0.25) is 0 Å². The van der Waals surface area contributed by atoms with Crippen LogP contribution in [0.1, 0.15) is 18.1 Å². The second kappa shape index (κ2) is 6.07. The lowest BCUT2D eigenvalue weighted by atomic mass is 10.2. The molecule has 0 aliphatic rings. The summed E-state index contributed by atoms with van der Waals surface area (Å²) in [6.07, 6.45) is 3.10. The average Bonchev–Trinajstić information content (AvgIpc) is 2.90. The van der Waals surface area contributed by atoms with E-state index in [1.165, 1.54) is 6.26 Å². The smallest absolute Gasteiger partial charge is 0.167 e. The van der Waals surface area contributed by atoms with Gasteiger partial charge in [-0.1, -0.05) is 17.3 Å². The summed E-state index contributed by atoms with van der Waals surface area (Å²) in [5, 5.41) is 12.9. The minimum absolute atomic E-state index is 0.0973. The van der Waals surface area contributed by atoms with Crippen molar-refractivity contribution in [3.63, 3.8) is 0 Å². The maximum absolute atomic E-state index is 9.30. The minimum Gasteiger partial charge on any atom is -0.490 e. The van der Waals surface area contributed by atoms with E-state index >= 15 is 0 Å². The molecule has 0 fully saturated rings. The zero-order chi connectivity index (χ0) is 12.8. The third-order valence-corrected chi connectivity index (χ3v) is 2.40. The largest absolute Gasteiger partial charge is 0.490 e. The average molecular weight is 249 g/mol. The first-order valence-corrected chi connectivity index (χ1v) is 5.71. The molecule has 1 N–H and O–H groups in total. The number of hydrogen-bond acceptors (Lipinski definition) is 5. The van der Waals surface area contributed by atoms with E-state index < -0.39 is 0 Å². The van der Waals surface area contributed by atoms with Crippen LogP contribution in [0.15, 0.2) is 35.2 Å². The van der Waals surface area contributed by atoms with E-state index in [-0.39, 0.29) is 6.61 Å². The van der Waals surface area contributed by atoms with Gasteiger partial charge in [-0.2, -0.15) is 0 Å². The molecule has 0 saturated carbocycles. The lowest BCUT2D eigenvalue weighted by Crippen LogP contribution is -2.02. The topological polar surface area (TPSA) is 64.7 Å². The van der Waals surface area contributed by atoms with Crippen LogP contribution in [0.25, 0.3) is 0 Å². The number of aliphatic hydroxyl groups excluding tert-OH is 1. The summed E-state index contributed by atoms with van der Waals surface area (Å²) in [4.78, 5) is 0. The van der Waals surface area contributed by atoms with Crippen LogP contribution in [0.5, 0.6) is 11.5 Å². The summed E-state index contributed by atoms with van der Waals surface area (Å²) in [6.45, 7) is 2.66. The van der Waals surface area contributed by atoms with E-state index in [0.29, 0.717) is 30.3 Å². The quantitative estimate of drug-likeness (QED) is 0.849. The molecule has 5 nitrogen and oxygen atoms in total. The minimum atomic E-state index is -0.0973. The van der Waals surface area contributed by atoms with Gasteiger partial charge in [0.1, 0.15) is 12.9 Å². The molecule has 1 heterocycles. The molecular weight excluding hydrogens is 234 g/mol. The fourth-order valence-electron chi connectivity index (χ4n) is 1.57. The number of nitrogens with zero attached hydrogens (tertiary/aromatic N) is 1. The van der Waals surface area contributed by atoms with Crippen LogP contribution in [0.2, 0.25) is 0 Å². The van der Waals surface area contributed by atoms with E-state index in [9.17, 15) is 5.11 Å². The molecular formula is C13H15NO4. The van der Waals surface area contributed by atoms with Gasteiger partial charge in [-0.15, -0.1) is 0 Å². The Bertz CT molecular complexity index is 482. The maximum atomic E-state index is 9.30. The molecule has 0 radical (unpaired) electrons. The van der Waals surface area contributed by atoms with Crippen LogP contribution in [-0.2, 0) is 13.2 Å². The highest BCUT2D eigenvalue weighted by Crippen LogP contribution is 2.32. The predicted octanol–water partition coefficient (Wildman–Crippen LogP) is 2.14. The van der Waals surface area contributed by atoms with Crippen LogP contribution in [-0.4, -0.2) is 16.9 Å².